The second kappa shape index (κ2) is 9.53. The molecule has 2 amide bonds. The van der Waals surface area contributed by atoms with Crippen molar-refractivity contribution in [2.75, 3.05) is 13.1 Å². The Morgan fingerprint density at radius 3 is 2.69 bits per heavy atom. The predicted molar refractivity (Wildman–Crippen MR) is 131 cm³/mol. The number of hydrogen-bond donors (Lipinski definition) is 1. The highest BCUT2D eigenvalue weighted by molar-refractivity contribution is 5.85. The van der Waals surface area contributed by atoms with E-state index in [1.165, 1.54) is 0 Å². The van der Waals surface area contributed by atoms with Gasteiger partial charge in [0.25, 0.3) is 0 Å². The maximum atomic E-state index is 13.1. The number of hydrogen-bond acceptors (Lipinski definition) is 5. The van der Waals surface area contributed by atoms with Crippen molar-refractivity contribution in [1.82, 2.24) is 10.2 Å². The first-order valence-corrected chi connectivity index (χ1v) is 12.5. The van der Waals surface area contributed by atoms with Gasteiger partial charge in [0.1, 0.15) is 24.0 Å². The average Bonchev–Trinajstić information content (AvgIpc) is 2.86. The van der Waals surface area contributed by atoms with E-state index >= 15 is 0 Å². The second-order valence-electron chi connectivity index (χ2n) is 10.4. The maximum Gasteiger partial charge on any atom is 0.408 e. The van der Waals surface area contributed by atoms with Crippen LogP contribution in [-0.4, -0.2) is 47.7 Å². The van der Waals surface area contributed by atoms with Gasteiger partial charge in [-0.15, -0.1) is 0 Å². The summed E-state index contributed by atoms with van der Waals surface area (Å²) in [5, 5.41) is 2.68. The van der Waals surface area contributed by atoms with Crippen molar-refractivity contribution >= 4 is 12.0 Å². The number of fused-ring (bicyclic) bond motifs is 4. The molecule has 0 unspecified atom stereocenters. The highest BCUT2D eigenvalue weighted by Crippen LogP contribution is 2.52. The molecule has 7 heteroatoms. The van der Waals surface area contributed by atoms with Gasteiger partial charge in [-0.2, -0.15) is 0 Å². The number of amides is 2. The zero-order valence-corrected chi connectivity index (χ0v) is 20.6. The Morgan fingerprint density at radius 1 is 1.14 bits per heavy atom. The summed E-state index contributed by atoms with van der Waals surface area (Å²) in [7, 11) is 0. The Hall–Kier alpha value is -3.06. The number of nitrogens with one attached hydrogen (secondary N) is 1. The lowest BCUT2D eigenvalue weighted by Crippen LogP contribution is -2.57. The van der Waals surface area contributed by atoms with Crippen molar-refractivity contribution in [3.05, 3.63) is 65.7 Å². The van der Waals surface area contributed by atoms with Crippen molar-refractivity contribution in [3.63, 3.8) is 0 Å². The third-order valence-electron chi connectivity index (χ3n) is 7.63. The van der Waals surface area contributed by atoms with Crippen LogP contribution in [-0.2, 0) is 20.9 Å². The first-order valence-electron chi connectivity index (χ1n) is 12.5. The summed E-state index contributed by atoms with van der Waals surface area (Å²) < 4.78 is 18.3. The largest absolute Gasteiger partial charge is 0.487 e. The predicted octanol–water partition coefficient (Wildman–Crippen LogP) is 4.47. The summed E-state index contributed by atoms with van der Waals surface area (Å²) in [5.74, 6) is 1.26. The second-order valence-corrected chi connectivity index (χ2v) is 10.4. The number of rotatable bonds is 4. The molecule has 5 atom stereocenters. The maximum absolute atomic E-state index is 13.1. The van der Waals surface area contributed by atoms with Crippen LogP contribution in [0.25, 0.3) is 0 Å². The van der Waals surface area contributed by atoms with E-state index in [2.05, 4.69) is 25.2 Å². The molecular weight excluding hydrogens is 444 g/mol. The van der Waals surface area contributed by atoms with Crippen LogP contribution in [0.2, 0.25) is 0 Å². The van der Waals surface area contributed by atoms with Crippen LogP contribution in [0.5, 0.6) is 5.75 Å². The quantitative estimate of drug-likeness (QED) is 0.702. The molecule has 35 heavy (non-hydrogen) atoms. The van der Waals surface area contributed by atoms with E-state index in [0.717, 1.165) is 29.7 Å². The minimum atomic E-state index is -0.659. The molecule has 0 aromatic heterocycles. The molecule has 0 radical (unpaired) electrons. The SMILES string of the molecule is C[C@H](NC(=O)OCc1ccccc1)C(=O)N1CC[C@@H]2O[C@@H]3c4ccccc4OC(C)(C)[C@H]3C[C@@H]2C1. The Balaban J connectivity index is 1.19. The molecule has 2 saturated heterocycles. The van der Waals surface area contributed by atoms with Gasteiger partial charge in [-0.05, 0) is 45.2 Å². The van der Waals surface area contributed by atoms with Crippen LogP contribution in [0.4, 0.5) is 4.79 Å². The molecule has 2 aromatic rings. The Morgan fingerprint density at radius 2 is 1.89 bits per heavy atom. The van der Waals surface area contributed by atoms with E-state index in [1.54, 1.807) is 6.92 Å². The van der Waals surface area contributed by atoms with Gasteiger partial charge in [0.2, 0.25) is 5.91 Å². The topological polar surface area (TPSA) is 77.1 Å². The molecule has 3 heterocycles. The van der Waals surface area contributed by atoms with Gasteiger partial charge in [0, 0.05) is 30.5 Å². The van der Waals surface area contributed by atoms with Gasteiger partial charge in [0.05, 0.1) is 12.2 Å². The molecule has 2 aromatic carbocycles. The van der Waals surface area contributed by atoms with Crippen molar-refractivity contribution in [1.29, 1.82) is 0 Å². The first kappa shape index (κ1) is 23.7. The fraction of sp³-hybridized carbons (Fsp3) is 0.500. The van der Waals surface area contributed by atoms with Gasteiger partial charge in [-0.25, -0.2) is 4.79 Å². The van der Waals surface area contributed by atoms with Crippen LogP contribution in [0.3, 0.4) is 0 Å². The van der Waals surface area contributed by atoms with E-state index in [1.807, 2.05) is 53.4 Å². The van der Waals surface area contributed by atoms with Crippen molar-refractivity contribution in [3.8, 4) is 5.75 Å². The molecule has 2 fully saturated rings. The normalized spacial score (nSPS) is 27.3. The minimum Gasteiger partial charge on any atom is -0.487 e. The van der Waals surface area contributed by atoms with Crippen LogP contribution >= 0.6 is 0 Å². The molecule has 0 saturated carbocycles. The summed E-state index contributed by atoms with van der Waals surface area (Å²) in [6, 6.07) is 17.0. The number of carbonyl (C=O) groups excluding carboxylic acids is 2. The number of piperidine rings is 1. The fourth-order valence-electron chi connectivity index (χ4n) is 5.73. The lowest BCUT2D eigenvalue weighted by molar-refractivity contribution is -0.189. The molecule has 186 valence electrons. The third-order valence-corrected chi connectivity index (χ3v) is 7.63. The van der Waals surface area contributed by atoms with Gasteiger partial charge in [-0.3, -0.25) is 4.79 Å². The Kier molecular flexibility index (Phi) is 6.45. The number of likely N-dealkylation sites (tertiary alicyclic amines) is 1. The smallest absolute Gasteiger partial charge is 0.408 e. The van der Waals surface area contributed by atoms with Crippen molar-refractivity contribution in [2.45, 2.75) is 64.1 Å². The van der Waals surface area contributed by atoms with Gasteiger partial charge in [-0.1, -0.05) is 48.5 Å². The molecule has 5 rings (SSSR count). The Labute approximate surface area is 206 Å². The summed E-state index contributed by atoms with van der Waals surface area (Å²) in [4.78, 5) is 27.2. The standard InChI is InChI=1S/C28H34N2O5/c1-18(29-27(32)33-17-19-9-5-4-6-10-19)26(31)30-14-13-23-20(16-30)15-22-25(34-23)21-11-7-8-12-24(21)35-28(22,2)3/h4-12,18,20,22-23,25H,13-17H2,1-3H3,(H,29,32)/t18-,20+,22-,23-,25+/m0/s1. The monoisotopic (exact) mass is 478 g/mol. The minimum absolute atomic E-state index is 0.0124. The van der Waals surface area contributed by atoms with Crippen LogP contribution in [0, 0.1) is 11.8 Å². The first-order chi connectivity index (χ1) is 16.8. The van der Waals surface area contributed by atoms with Crippen molar-refractivity contribution < 1.29 is 23.8 Å². The van der Waals surface area contributed by atoms with Crippen molar-refractivity contribution in [2.24, 2.45) is 11.8 Å². The molecule has 3 aliphatic heterocycles. The molecular formula is C28H34N2O5. The molecule has 0 spiro atoms. The highest BCUT2D eigenvalue weighted by atomic mass is 16.5. The molecule has 7 nitrogen and oxygen atoms in total. The third kappa shape index (κ3) is 4.87. The number of nitrogens with zero attached hydrogens (tertiary/aromatic N) is 1. The van der Waals surface area contributed by atoms with Gasteiger partial charge < -0.3 is 24.4 Å². The zero-order valence-electron chi connectivity index (χ0n) is 20.6. The lowest BCUT2D eigenvalue weighted by Gasteiger charge is -2.53. The highest BCUT2D eigenvalue weighted by Gasteiger charge is 2.51. The van der Waals surface area contributed by atoms with E-state index in [9.17, 15) is 9.59 Å². The van der Waals surface area contributed by atoms with Crippen LogP contribution in [0.15, 0.2) is 54.6 Å². The number of carbonyl (C=O) groups is 2. The zero-order chi connectivity index (χ0) is 24.6. The van der Waals surface area contributed by atoms with E-state index in [4.69, 9.17) is 14.2 Å². The number of ether oxygens (including phenoxy) is 3. The molecule has 1 N–H and O–H groups in total. The van der Waals surface area contributed by atoms with Crippen LogP contribution < -0.4 is 10.1 Å². The molecule has 0 bridgehead atoms. The van der Waals surface area contributed by atoms with E-state index < -0.39 is 12.1 Å². The molecule has 3 aliphatic rings. The average molecular weight is 479 g/mol. The number of para-hydroxylation sites is 1. The van der Waals surface area contributed by atoms with Crippen LogP contribution in [0.1, 0.15) is 50.8 Å². The summed E-state index contributed by atoms with van der Waals surface area (Å²) in [5.41, 5.74) is 1.67. The Bertz CT molecular complexity index is 1070. The summed E-state index contributed by atoms with van der Waals surface area (Å²) in [6.07, 6.45) is 1.25. The summed E-state index contributed by atoms with van der Waals surface area (Å²) >= 11 is 0. The number of benzene rings is 2. The lowest BCUT2D eigenvalue weighted by atomic mass is 9.70. The number of alkyl carbamates (subject to hydrolysis) is 1. The fourth-order valence-corrected chi connectivity index (χ4v) is 5.73. The van der Waals surface area contributed by atoms with E-state index in [-0.39, 0.29) is 42.2 Å². The van der Waals surface area contributed by atoms with Gasteiger partial charge >= 0.3 is 6.09 Å². The van der Waals surface area contributed by atoms with Gasteiger partial charge in [0.15, 0.2) is 0 Å². The molecule has 0 aliphatic carbocycles. The van der Waals surface area contributed by atoms with E-state index in [0.29, 0.717) is 13.1 Å². The summed E-state index contributed by atoms with van der Waals surface area (Å²) in [6.45, 7) is 7.37.